The first-order valence-corrected chi connectivity index (χ1v) is 5.37. The van der Waals surface area contributed by atoms with Gasteiger partial charge in [0.1, 0.15) is 12.4 Å². The van der Waals surface area contributed by atoms with E-state index in [2.05, 4.69) is 10.5 Å². The Morgan fingerprint density at radius 1 is 1.12 bits per heavy atom. The van der Waals surface area contributed by atoms with Crippen molar-refractivity contribution in [1.29, 1.82) is 0 Å². The van der Waals surface area contributed by atoms with Gasteiger partial charge < -0.3 is 9.94 Å². The Bertz CT molecular complexity index is 460. The van der Waals surface area contributed by atoms with Crippen LogP contribution in [0.25, 0.3) is 0 Å². The molecule has 4 heteroatoms. The average molecular weight is 230 g/mol. The maximum atomic E-state index is 8.71. The van der Waals surface area contributed by atoms with Crippen LogP contribution in [0.1, 0.15) is 11.3 Å². The molecule has 0 bridgehead atoms. The van der Waals surface area contributed by atoms with E-state index in [-0.39, 0.29) is 0 Å². The molecule has 0 saturated carbocycles. The van der Waals surface area contributed by atoms with Gasteiger partial charge in [-0.3, -0.25) is 4.98 Å². The first-order valence-electron chi connectivity index (χ1n) is 5.37. The number of nitrogens with one attached hydrogen (secondary N) is 1. The highest BCUT2D eigenvalue weighted by Crippen LogP contribution is 2.18. The van der Waals surface area contributed by atoms with Crippen molar-refractivity contribution < 1.29 is 9.94 Å². The number of hydrogen-bond acceptors (Lipinski definition) is 4. The number of hydroxylamine groups is 1. The van der Waals surface area contributed by atoms with Crippen LogP contribution in [0.15, 0.2) is 48.7 Å². The van der Waals surface area contributed by atoms with E-state index in [9.17, 15) is 0 Å². The highest BCUT2D eigenvalue weighted by atomic mass is 16.5. The van der Waals surface area contributed by atoms with Gasteiger partial charge in [-0.1, -0.05) is 24.3 Å². The van der Waals surface area contributed by atoms with Gasteiger partial charge in [-0.05, 0) is 18.2 Å². The maximum absolute atomic E-state index is 8.71. The fourth-order valence-corrected chi connectivity index (χ4v) is 1.51. The van der Waals surface area contributed by atoms with Gasteiger partial charge in [0.15, 0.2) is 0 Å². The zero-order valence-corrected chi connectivity index (χ0v) is 9.34. The number of rotatable bonds is 5. The van der Waals surface area contributed by atoms with Gasteiger partial charge in [-0.2, -0.15) is 0 Å². The lowest BCUT2D eigenvalue weighted by atomic mass is 10.2. The largest absolute Gasteiger partial charge is 0.487 e. The molecule has 2 aromatic rings. The predicted octanol–water partition coefficient (Wildman–Crippen LogP) is 2.14. The van der Waals surface area contributed by atoms with E-state index in [0.717, 1.165) is 17.0 Å². The standard InChI is InChI=1S/C13H14N2O2/c16-15-9-11-5-1-2-7-13(11)17-10-12-6-3-4-8-14-12/h1-8,15-16H,9-10H2. The molecule has 0 fully saturated rings. The van der Waals surface area contributed by atoms with E-state index >= 15 is 0 Å². The molecular weight excluding hydrogens is 216 g/mol. The maximum Gasteiger partial charge on any atom is 0.130 e. The molecule has 1 aromatic heterocycles. The zero-order chi connectivity index (χ0) is 11.9. The second-order valence-corrected chi connectivity index (χ2v) is 3.55. The van der Waals surface area contributed by atoms with E-state index in [1.54, 1.807) is 6.20 Å². The van der Waals surface area contributed by atoms with E-state index < -0.39 is 0 Å². The molecule has 0 spiro atoms. The van der Waals surface area contributed by atoms with E-state index in [1.807, 2.05) is 42.5 Å². The molecule has 0 aliphatic carbocycles. The lowest BCUT2D eigenvalue weighted by Gasteiger charge is -2.10. The third-order valence-electron chi connectivity index (χ3n) is 2.34. The Morgan fingerprint density at radius 3 is 2.71 bits per heavy atom. The second kappa shape index (κ2) is 5.98. The van der Waals surface area contributed by atoms with Crippen molar-refractivity contribution in [1.82, 2.24) is 10.5 Å². The van der Waals surface area contributed by atoms with Crippen LogP contribution >= 0.6 is 0 Å². The molecule has 1 heterocycles. The minimum Gasteiger partial charge on any atom is -0.487 e. The van der Waals surface area contributed by atoms with Crippen molar-refractivity contribution in [3.8, 4) is 5.75 Å². The number of para-hydroxylation sites is 1. The van der Waals surface area contributed by atoms with Gasteiger partial charge in [0.2, 0.25) is 0 Å². The van der Waals surface area contributed by atoms with Crippen LogP contribution in [-0.2, 0) is 13.2 Å². The summed E-state index contributed by atoms with van der Waals surface area (Å²) in [5, 5.41) is 8.71. The SMILES string of the molecule is ONCc1ccccc1OCc1ccccn1. The van der Waals surface area contributed by atoms with Gasteiger partial charge in [0.25, 0.3) is 0 Å². The molecule has 0 radical (unpaired) electrons. The quantitative estimate of drug-likeness (QED) is 0.773. The summed E-state index contributed by atoms with van der Waals surface area (Å²) in [5.41, 5.74) is 3.91. The van der Waals surface area contributed by atoms with Gasteiger partial charge in [0, 0.05) is 18.3 Å². The molecule has 17 heavy (non-hydrogen) atoms. The lowest BCUT2D eigenvalue weighted by molar-refractivity contribution is 0.159. The summed E-state index contributed by atoms with van der Waals surface area (Å²) in [6, 6.07) is 13.3. The Hall–Kier alpha value is -1.91. The summed E-state index contributed by atoms with van der Waals surface area (Å²) in [6.07, 6.45) is 1.74. The number of pyridine rings is 1. The summed E-state index contributed by atoms with van der Waals surface area (Å²) < 4.78 is 5.66. The van der Waals surface area contributed by atoms with Crippen molar-refractivity contribution in [2.45, 2.75) is 13.2 Å². The lowest BCUT2D eigenvalue weighted by Crippen LogP contribution is -2.08. The van der Waals surface area contributed by atoms with Crippen molar-refractivity contribution in [2.24, 2.45) is 0 Å². The van der Waals surface area contributed by atoms with Crippen molar-refractivity contribution >= 4 is 0 Å². The van der Waals surface area contributed by atoms with Gasteiger partial charge in [0.05, 0.1) is 5.69 Å². The average Bonchev–Trinajstić information content (AvgIpc) is 2.39. The van der Waals surface area contributed by atoms with Crippen LogP contribution < -0.4 is 10.2 Å². The molecule has 4 nitrogen and oxygen atoms in total. The Balaban J connectivity index is 2.03. The van der Waals surface area contributed by atoms with Crippen molar-refractivity contribution in [3.05, 3.63) is 59.9 Å². The molecule has 0 amide bonds. The summed E-state index contributed by atoms with van der Waals surface area (Å²) in [6.45, 7) is 0.779. The summed E-state index contributed by atoms with van der Waals surface area (Å²) in [4.78, 5) is 4.18. The fraction of sp³-hybridized carbons (Fsp3) is 0.154. The molecule has 1 aromatic carbocycles. The third kappa shape index (κ3) is 3.27. The number of benzene rings is 1. The van der Waals surface area contributed by atoms with Crippen LogP contribution in [0.4, 0.5) is 0 Å². The highest BCUT2D eigenvalue weighted by molar-refractivity contribution is 5.33. The van der Waals surface area contributed by atoms with Crippen LogP contribution in [-0.4, -0.2) is 10.2 Å². The Kier molecular flexibility index (Phi) is 4.07. The second-order valence-electron chi connectivity index (χ2n) is 3.55. The van der Waals surface area contributed by atoms with Crippen LogP contribution in [0.3, 0.4) is 0 Å². The molecule has 2 N–H and O–H groups in total. The van der Waals surface area contributed by atoms with Crippen molar-refractivity contribution in [2.75, 3.05) is 0 Å². The fourth-order valence-electron chi connectivity index (χ4n) is 1.51. The van der Waals surface area contributed by atoms with Crippen molar-refractivity contribution in [3.63, 3.8) is 0 Å². The van der Waals surface area contributed by atoms with E-state index in [1.165, 1.54) is 0 Å². The Labute approximate surface area is 99.8 Å². The van der Waals surface area contributed by atoms with Gasteiger partial charge in [-0.25, -0.2) is 5.48 Å². The molecule has 0 atom stereocenters. The van der Waals surface area contributed by atoms with Gasteiger partial charge in [-0.15, -0.1) is 0 Å². The molecule has 88 valence electrons. The molecule has 0 unspecified atom stereocenters. The highest BCUT2D eigenvalue weighted by Gasteiger charge is 2.02. The van der Waals surface area contributed by atoms with Crippen LogP contribution in [0, 0.1) is 0 Å². The van der Waals surface area contributed by atoms with Crippen LogP contribution in [0.5, 0.6) is 5.75 Å². The molecule has 0 saturated heterocycles. The van der Waals surface area contributed by atoms with E-state index in [0.29, 0.717) is 13.2 Å². The van der Waals surface area contributed by atoms with Gasteiger partial charge >= 0.3 is 0 Å². The summed E-state index contributed by atoms with van der Waals surface area (Å²) >= 11 is 0. The number of hydrogen-bond donors (Lipinski definition) is 2. The van der Waals surface area contributed by atoms with E-state index in [4.69, 9.17) is 9.94 Å². The third-order valence-corrected chi connectivity index (χ3v) is 2.34. The summed E-state index contributed by atoms with van der Waals surface area (Å²) in [7, 11) is 0. The predicted molar refractivity (Wildman–Crippen MR) is 63.6 cm³/mol. The first-order chi connectivity index (χ1) is 8.40. The first kappa shape index (κ1) is 11.6. The number of ether oxygens (including phenoxy) is 1. The monoisotopic (exact) mass is 230 g/mol. The Morgan fingerprint density at radius 2 is 1.94 bits per heavy atom. The number of nitrogens with zero attached hydrogens (tertiary/aromatic N) is 1. The van der Waals surface area contributed by atoms with Crippen LogP contribution in [0.2, 0.25) is 0 Å². The normalized spacial score (nSPS) is 10.2. The number of aromatic nitrogens is 1. The smallest absolute Gasteiger partial charge is 0.130 e. The topological polar surface area (TPSA) is 54.4 Å². The molecule has 0 aliphatic rings. The molecule has 0 aliphatic heterocycles. The molecular formula is C13H14N2O2. The molecule has 2 rings (SSSR count). The summed E-state index contributed by atoms with van der Waals surface area (Å²) in [5.74, 6) is 0.750. The minimum absolute atomic E-state index is 0.360. The minimum atomic E-state index is 0.360. The zero-order valence-electron chi connectivity index (χ0n) is 9.34.